The van der Waals surface area contributed by atoms with Crippen molar-refractivity contribution in [2.24, 2.45) is 11.7 Å². The fourth-order valence-electron chi connectivity index (χ4n) is 2.61. The van der Waals surface area contributed by atoms with E-state index in [2.05, 4.69) is 24.1 Å². The van der Waals surface area contributed by atoms with Crippen molar-refractivity contribution in [1.29, 1.82) is 0 Å². The van der Waals surface area contributed by atoms with E-state index in [9.17, 15) is 9.90 Å². The van der Waals surface area contributed by atoms with Gasteiger partial charge in [0.05, 0.1) is 12.1 Å². The van der Waals surface area contributed by atoms with Gasteiger partial charge in [-0.05, 0) is 32.1 Å². The molecule has 5 nitrogen and oxygen atoms in total. The second-order valence-corrected chi connectivity index (χ2v) is 6.49. The molecule has 5 heteroatoms. The van der Waals surface area contributed by atoms with Gasteiger partial charge in [0, 0.05) is 25.7 Å². The molecule has 0 aromatic carbocycles. The molecule has 4 N–H and O–H groups in total. The predicted octanol–water partition coefficient (Wildman–Crippen LogP) is 0.323. The number of nitrogens with two attached hydrogens (primary N) is 1. The monoisotopic (exact) mass is 271 g/mol. The van der Waals surface area contributed by atoms with Crippen LogP contribution in [0.15, 0.2) is 0 Å². The Kier molecular flexibility index (Phi) is 6.23. The molecule has 0 saturated carbocycles. The van der Waals surface area contributed by atoms with E-state index in [1.54, 1.807) is 6.92 Å². The highest BCUT2D eigenvalue weighted by atomic mass is 16.3. The molecule has 1 fully saturated rings. The molecule has 1 atom stereocenters. The van der Waals surface area contributed by atoms with Crippen LogP contribution in [0.4, 0.5) is 0 Å². The van der Waals surface area contributed by atoms with Crippen molar-refractivity contribution >= 4 is 5.91 Å². The fourth-order valence-corrected chi connectivity index (χ4v) is 2.61. The molecular formula is C14H29N3O2. The molecule has 0 aromatic heterocycles. The quantitative estimate of drug-likeness (QED) is 0.650. The largest absolute Gasteiger partial charge is 0.388 e. The molecule has 0 spiro atoms. The highest BCUT2D eigenvalue weighted by Gasteiger charge is 2.23. The first-order valence-corrected chi connectivity index (χ1v) is 7.25. The van der Waals surface area contributed by atoms with Gasteiger partial charge in [0.15, 0.2) is 0 Å². The number of nitrogens with one attached hydrogen (secondary N) is 1. The number of likely N-dealkylation sites (tertiary alicyclic amines) is 1. The van der Waals surface area contributed by atoms with Gasteiger partial charge in [-0.2, -0.15) is 0 Å². The average Bonchev–Trinajstić information content (AvgIpc) is 2.28. The van der Waals surface area contributed by atoms with Crippen LogP contribution in [0.25, 0.3) is 0 Å². The summed E-state index contributed by atoms with van der Waals surface area (Å²) >= 11 is 0. The van der Waals surface area contributed by atoms with Crippen molar-refractivity contribution in [2.45, 2.75) is 51.7 Å². The lowest BCUT2D eigenvalue weighted by Gasteiger charge is -2.30. The van der Waals surface area contributed by atoms with E-state index in [0.717, 1.165) is 25.9 Å². The summed E-state index contributed by atoms with van der Waals surface area (Å²) in [7, 11) is 0. The number of rotatable bonds is 6. The maximum absolute atomic E-state index is 11.8. The van der Waals surface area contributed by atoms with Gasteiger partial charge >= 0.3 is 0 Å². The summed E-state index contributed by atoms with van der Waals surface area (Å²) in [5, 5.41) is 13.0. The van der Waals surface area contributed by atoms with Crippen molar-refractivity contribution in [2.75, 3.05) is 26.2 Å². The fraction of sp³-hybridized carbons (Fsp3) is 0.929. The van der Waals surface area contributed by atoms with E-state index in [1.807, 2.05) is 0 Å². The second-order valence-electron chi connectivity index (χ2n) is 6.49. The van der Waals surface area contributed by atoms with Crippen molar-refractivity contribution in [3.05, 3.63) is 0 Å². The van der Waals surface area contributed by atoms with Crippen molar-refractivity contribution in [3.63, 3.8) is 0 Å². The summed E-state index contributed by atoms with van der Waals surface area (Å²) in [6, 6.07) is 0.283. The molecule has 1 unspecified atom stereocenters. The Labute approximate surface area is 116 Å². The number of amides is 1. The molecule has 1 rings (SSSR count). The molecule has 0 aliphatic carbocycles. The van der Waals surface area contributed by atoms with E-state index in [1.165, 1.54) is 0 Å². The molecule has 0 bridgehead atoms. The SMILES string of the molecule is CC(C)CC(C)(O)CNC(=O)CN1CCC(N)CC1. The molecule has 0 aromatic rings. The van der Waals surface area contributed by atoms with E-state index in [-0.39, 0.29) is 11.9 Å². The molecule has 19 heavy (non-hydrogen) atoms. The van der Waals surface area contributed by atoms with E-state index in [4.69, 9.17) is 5.73 Å². The van der Waals surface area contributed by atoms with Gasteiger partial charge in [0.2, 0.25) is 5.91 Å². The van der Waals surface area contributed by atoms with Gasteiger partial charge in [0.1, 0.15) is 0 Å². The molecule has 1 aliphatic rings. The van der Waals surface area contributed by atoms with Crippen LogP contribution < -0.4 is 11.1 Å². The lowest BCUT2D eigenvalue weighted by atomic mass is 9.94. The van der Waals surface area contributed by atoms with Gasteiger partial charge in [-0.3, -0.25) is 9.69 Å². The highest BCUT2D eigenvalue weighted by Crippen LogP contribution is 2.15. The van der Waals surface area contributed by atoms with Crippen LogP contribution in [0.3, 0.4) is 0 Å². The van der Waals surface area contributed by atoms with Crippen LogP contribution in [-0.2, 0) is 4.79 Å². The zero-order valence-corrected chi connectivity index (χ0v) is 12.5. The lowest BCUT2D eigenvalue weighted by molar-refractivity contribution is -0.123. The van der Waals surface area contributed by atoms with Gasteiger partial charge < -0.3 is 16.2 Å². The number of carbonyl (C=O) groups is 1. The summed E-state index contributed by atoms with van der Waals surface area (Å²) in [5.74, 6) is 0.398. The Morgan fingerprint density at radius 2 is 2.05 bits per heavy atom. The zero-order valence-electron chi connectivity index (χ0n) is 12.5. The van der Waals surface area contributed by atoms with E-state index in [0.29, 0.717) is 25.4 Å². The van der Waals surface area contributed by atoms with E-state index < -0.39 is 5.60 Å². The number of nitrogens with zero attached hydrogens (tertiary/aromatic N) is 1. The molecule has 112 valence electrons. The van der Waals surface area contributed by atoms with E-state index >= 15 is 0 Å². The zero-order chi connectivity index (χ0) is 14.5. The van der Waals surface area contributed by atoms with Crippen LogP contribution >= 0.6 is 0 Å². The Morgan fingerprint density at radius 3 is 2.58 bits per heavy atom. The summed E-state index contributed by atoms with van der Waals surface area (Å²) < 4.78 is 0. The molecular weight excluding hydrogens is 242 g/mol. The smallest absolute Gasteiger partial charge is 0.234 e. The predicted molar refractivity (Wildman–Crippen MR) is 76.7 cm³/mol. The average molecular weight is 271 g/mol. The Hall–Kier alpha value is -0.650. The van der Waals surface area contributed by atoms with Crippen molar-refractivity contribution < 1.29 is 9.90 Å². The minimum Gasteiger partial charge on any atom is -0.388 e. The molecule has 1 heterocycles. The number of hydrogen-bond acceptors (Lipinski definition) is 4. The molecule has 1 amide bonds. The number of hydrogen-bond donors (Lipinski definition) is 3. The normalized spacial score (nSPS) is 21.4. The lowest BCUT2D eigenvalue weighted by Crippen LogP contribution is -2.47. The topological polar surface area (TPSA) is 78.6 Å². The Balaban J connectivity index is 2.24. The van der Waals surface area contributed by atoms with Crippen molar-refractivity contribution in [1.82, 2.24) is 10.2 Å². The minimum atomic E-state index is -0.825. The van der Waals surface area contributed by atoms with Gasteiger partial charge in [0.25, 0.3) is 0 Å². The maximum atomic E-state index is 11.8. The molecule has 1 aliphatic heterocycles. The molecule has 0 radical (unpaired) electrons. The minimum absolute atomic E-state index is 0.0143. The third-order valence-electron chi connectivity index (χ3n) is 3.51. The van der Waals surface area contributed by atoms with Gasteiger partial charge in [-0.1, -0.05) is 13.8 Å². The highest BCUT2D eigenvalue weighted by molar-refractivity contribution is 5.78. The first-order valence-electron chi connectivity index (χ1n) is 7.25. The first-order chi connectivity index (χ1) is 8.78. The summed E-state index contributed by atoms with van der Waals surface area (Å²) in [6.45, 7) is 8.39. The van der Waals surface area contributed by atoms with Gasteiger partial charge in [-0.15, -0.1) is 0 Å². The second kappa shape index (κ2) is 7.22. The van der Waals surface area contributed by atoms with Crippen LogP contribution in [0.1, 0.15) is 40.0 Å². The van der Waals surface area contributed by atoms with Crippen LogP contribution in [0.2, 0.25) is 0 Å². The Morgan fingerprint density at radius 1 is 1.47 bits per heavy atom. The first kappa shape index (κ1) is 16.4. The molecule has 1 saturated heterocycles. The standard InChI is InChI=1S/C14H29N3O2/c1-11(2)8-14(3,19)10-16-13(18)9-17-6-4-12(15)5-7-17/h11-12,19H,4-10,15H2,1-3H3,(H,16,18). The van der Waals surface area contributed by atoms with Crippen molar-refractivity contribution in [3.8, 4) is 0 Å². The number of carbonyl (C=O) groups excluding carboxylic acids is 1. The number of aliphatic hydroxyl groups is 1. The van der Waals surface area contributed by atoms with Crippen LogP contribution in [0.5, 0.6) is 0 Å². The van der Waals surface area contributed by atoms with Crippen LogP contribution in [0, 0.1) is 5.92 Å². The third kappa shape index (κ3) is 6.89. The third-order valence-corrected chi connectivity index (χ3v) is 3.51. The van der Waals surface area contributed by atoms with Gasteiger partial charge in [-0.25, -0.2) is 0 Å². The Bertz CT molecular complexity index is 284. The van der Waals surface area contributed by atoms with Crippen LogP contribution in [-0.4, -0.2) is 53.7 Å². The summed E-state index contributed by atoms with van der Waals surface area (Å²) in [4.78, 5) is 14.0. The maximum Gasteiger partial charge on any atom is 0.234 e. The summed E-state index contributed by atoms with van der Waals surface area (Å²) in [6.07, 6.45) is 2.60. The number of piperidine rings is 1. The summed E-state index contributed by atoms with van der Waals surface area (Å²) in [5.41, 5.74) is 5.00.